The third kappa shape index (κ3) is 2.95. The van der Waals surface area contributed by atoms with Gasteiger partial charge in [0.15, 0.2) is 0 Å². The third-order valence-electron chi connectivity index (χ3n) is 1.72. The normalized spacial score (nSPS) is 10.5. The maximum absolute atomic E-state index is 5.99. The van der Waals surface area contributed by atoms with E-state index in [1.165, 1.54) is 0 Å². The molecule has 0 aliphatic heterocycles. The van der Waals surface area contributed by atoms with Gasteiger partial charge in [0.05, 0.1) is 10.0 Å². The van der Waals surface area contributed by atoms with Crippen molar-refractivity contribution in [2.45, 2.75) is 12.8 Å². The van der Waals surface area contributed by atoms with Crippen molar-refractivity contribution < 1.29 is 0 Å². The fraction of sp³-hybridized carbons (Fsp3) is 0.333. The summed E-state index contributed by atoms with van der Waals surface area (Å²) in [7, 11) is 0. The van der Waals surface area contributed by atoms with Gasteiger partial charge >= 0.3 is 0 Å². The van der Waals surface area contributed by atoms with E-state index < -0.39 is 0 Å². The highest BCUT2D eigenvalue weighted by atomic mass is 35.5. The largest absolute Gasteiger partial charge is 0.179 e. The van der Waals surface area contributed by atoms with Crippen molar-refractivity contribution >= 4 is 47.4 Å². The minimum atomic E-state index is 0.556. The van der Waals surface area contributed by atoms with E-state index in [0.29, 0.717) is 15.1 Å². The molecule has 0 amide bonds. The molecule has 1 aromatic rings. The second-order valence-corrected chi connectivity index (χ2v) is 4.29. The Morgan fingerprint density at radius 1 is 1.08 bits per heavy atom. The minimum Gasteiger partial charge on any atom is -0.179 e. The molecule has 0 aromatic heterocycles. The maximum atomic E-state index is 5.99. The van der Waals surface area contributed by atoms with Crippen LogP contribution in [0.1, 0.15) is 12.0 Å². The number of rotatable bonds is 3. The van der Waals surface area contributed by atoms with Gasteiger partial charge in [-0.15, -0.1) is 0 Å². The Kier molecular flexibility index (Phi) is 4.74. The van der Waals surface area contributed by atoms with Gasteiger partial charge in [0, 0.05) is 5.02 Å². The summed E-state index contributed by atoms with van der Waals surface area (Å²) in [6, 6.07) is 3.47. The Bertz CT molecular complexity index is 299. The fourth-order valence-electron chi connectivity index (χ4n) is 1.05. The summed E-state index contributed by atoms with van der Waals surface area (Å²) in [6.07, 6.45) is 1.77. The van der Waals surface area contributed by atoms with Crippen molar-refractivity contribution in [3.63, 3.8) is 0 Å². The van der Waals surface area contributed by atoms with Gasteiger partial charge in [-0.25, -0.2) is 0 Å². The lowest BCUT2D eigenvalue weighted by molar-refractivity contribution is 0.937. The zero-order valence-corrected chi connectivity index (χ0v) is 10.0. The summed E-state index contributed by atoms with van der Waals surface area (Å²) < 4.78 is 0. The summed E-state index contributed by atoms with van der Waals surface area (Å²) >= 11 is 21.9. The van der Waals surface area contributed by atoms with Crippen LogP contribution in [0.25, 0.3) is 0 Å². The van der Waals surface area contributed by atoms with Crippen LogP contribution in [0.15, 0.2) is 12.1 Å². The van der Waals surface area contributed by atoms with Gasteiger partial charge in [-0.3, -0.25) is 0 Å². The van der Waals surface area contributed by atoms with Crippen molar-refractivity contribution in [2.75, 3.05) is 5.75 Å². The molecule has 0 radical (unpaired) electrons. The van der Waals surface area contributed by atoms with E-state index in [-0.39, 0.29) is 0 Å². The first-order valence-electron chi connectivity index (χ1n) is 3.90. The van der Waals surface area contributed by atoms with E-state index in [9.17, 15) is 0 Å². The first kappa shape index (κ1) is 11.5. The molecule has 13 heavy (non-hydrogen) atoms. The van der Waals surface area contributed by atoms with Crippen LogP contribution in [-0.4, -0.2) is 5.75 Å². The molecule has 0 nitrogen and oxygen atoms in total. The SMILES string of the molecule is SCCCc1c(Cl)ccc(Cl)c1Cl. The molecule has 0 aliphatic rings. The van der Waals surface area contributed by atoms with Gasteiger partial charge in [-0.05, 0) is 36.3 Å². The summed E-state index contributed by atoms with van der Waals surface area (Å²) in [5.41, 5.74) is 0.921. The number of benzene rings is 1. The van der Waals surface area contributed by atoms with E-state index in [1.54, 1.807) is 12.1 Å². The lowest BCUT2D eigenvalue weighted by Crippen LogP contribution is -1.90. The fourth-order valence-corrected chi connectivity index (χ4v) is 1.95. The summed E-state index contributed by atoms with van der Waals surface area (Å²) in [5.74, 6) is 0.819. The van der Waals surface area contributed by atoms with Gasteiger partial charge in [-0.2, -0.15) is 12.6 Å². The zero-order valence-electron chi connectivity index (χ0n) is 6.86. The number of hydrogen-bond donors (Lipinski definition) is 1. The zero-order chi connectivity index (χ0) is 9.84. The number of halogens is 3. The molecule has 1 rings (SSSR count). The van der Waals surface area contributed by atoms with E-state index in [2.05, 4.69) is 12.6 Å². The van der Waals surface area contributed by atoms with Gasteiger partial charge in [0.2, 0.25) is 0 Å². The molecule has 0 N–H and O–H groups in total. The molecule has 0 aliphatic carbocycles. The quantitative estimate of drug-likeness (QED) is 0.596. The molecule has 0 saturated heterocycles. The Hall–Kier alpha value is 0.440. The molecule has 1 aromatic carbocycles. The van der Waals surface area contributed by atoms with Crippen LogP contribution >= 0.6 is 47.4 Å². The molecule has 0 unspecified atom stereocenters. The Morgan fingerprint density at radius 2 is 1.69 bits per heavy atom. The second kappa shape index (κ2) is 5.35. The molecule has 0 fully saturated rings. The molecule has 0 bridgehead atoms. The van der Waals surface area contributed by atoms with Crippen LogP contribution in [0.3, 0.4) is 0 Å². The van der Waals surface area contributed by atoms with Crippen molar-refractivity contribution in [3.05, 3.63) is 32.8 Å². The maximum Gasteiger partial charge on any atom is 0.0639 e. The smallest absolute Gasteiger partial charge is 0.0639 e. The standard InChI is InChI=1S/C9H9Cl3S/c10-7-3-4-8(11)9(12)6(7)2-1-5-13/h3-4,13H,1-2,5H2. The summed E-state index contributed by atoms with van der Waals surface area (Å²) in [5, 5.41) is 1.80. The first-order valence-corrected chi connectivity index (χ1v) is 5.66. The van der Waals surface area contributed by atoms with Crippen molar-refractivity contribution in [3.8, 4) is 0 Å². The number of hydrogen-bond acceptors (Lipinski definition) is 1. The van der Waals surface area contributed by atoms with Crippen molar-refractivity contribution in [2.24, 2.45) is 0 Å². The Morgan fingerprint density at radius 3 is 2.31 bits per heavy atom. The molecule has 0 atom stereocenters. The molecular formula is C9H9Cl3S. The second-order valence-electron chi connectivity index (χ2n) is 2.65. The Balaban J connectivity index is 2.96. The lowest BCUT2D eigenvalue weighted by atomic mass is 10.1. The van der Waals surface area contributed by atoms with Crippen LogP contribution in [-0.2, 0) is 6.42 Å². The van der Waals surface area contributed by atoms with Crippen LogP contribution in [0.4, 0.5) is 0 Å². The highest BCUT2D eigenvalue weighted by molar-refractivity contribution is 7.80. The highest BCUT2D eigenvalue weighted by Gasteiger charge is 2.08. The summed E-state index contributed by atoms with van der Waals surface area (Å²) in [4.78, 5) is 0. The lowest BCUT2D eigenvalue weighted by Gasteiger charge is -2.06. The molecule has 0 spiro atoms. The van der Waals surface area contributed by atoms with Gasteiger partial charge in [0.1, 0.15) is 0 Å². The molecule has 0 heterocycles. The van der Waals surface area contributed by atoms with E-state index >= 15 is 0 Å². The van der Waals surface area contributed by atoms with Gasteiger partial charge in [0.25, 0.3) is 0 Å². The van der Waals surface area contributed by atoms with E-state index in [4.69, 9.17) is 34.8 Å². The molecule has 0 saturated carbocycles. The van der Waals surface area contributed by atoms with Crippen LogP contribution in [0, 0.1) is 0 Å². The van der Waals surface area contributed by atoms with Crippen LogP contribution < -0.4 is 0 Å². The number of thiol groups is 1. The monoisotopic (exact) mass is 254 g/mol. The van der Waals surface area contributed by atoms with Gasteiger partial charge in [-0.1, -0.05) is 34.8 Å². The van der Waals surface area contributed by atoms with Gasteiger partial charge < -0.3 is 0 Å². The average Bonchev–Trinajstić information content (AvgIpc) is 2.12. The predicted molar refractivity (Wildman–Crippen MR) is 63.6 cm³/mol. The van der Waals surface area contributed by atoms with Crippen molar-refractivity contribution in [1.29, 1.82) is 0 Å². The van der Waals surface area contributed by atoms with Crippen LogP contribution in [0.2, 0.25) is 15.1 Å². The Labute approximate surface area is 98.6 Å². The van der Waals surface area contributed by atoms with E-state index in [0.717, 1.165) is 24.2 Å². The molecule has 72 valence electrons. The van der Waals surface area contributed by atoms with Crippen LogP contribution in [0.5, 0.6) is 0 Å². The van der Waals surface area contributed by atoms with Crippen molar-refractivity contribution in [1.82, 2.24) is 0 Å². The molecular weight excluding hydrogens is 247 g/mol. The first-order chi connectivity index (χ1) is 6.16. The highest BCUT2D eigenvalue weighted by Crippen LogP contribution is 2.32. The topological polar surface area (TPSA) is 0 Å². The summed E-state index contributed by atoms with van der Waals surface area (Å²) in [6.45, 7) is 0. The van der Waals surface area contributed by atoms with E-state index in [1.807, 2.05) is 0 Å². The molecule has 4 heteroatoms. The minimum absolute atomic E-state index is 0.556. The predicted octanol–water partition coefficient (Wildman–Crippen LogP) is 4.51. The third-order valence-corrected chi connectivity index (χ3v) is 3.24. The average molecular weight is 256 g/mol.